The lowest BCUT2D eigenvalue weighted by Crippen LogP contribution is -2.48. The average molecular weight is 350 g/mol. The standard InChI is InChI=1S/C17H20BrNO2/c18-13-6-3-5-12(11-13)17(21)19-10-2-1-8-15(19)14-7-4-9-16(14)20/h3,5-6,11,14-15H,1-2,4,7-10H2. The summed E-state index contributed by atoms with van der Waals surface area (Å²) in [6.07, 6.45) is 5.76. The molecule has 2 atom stereocenters. The Bertz CT molecular complexity index is 557. The molecule has 1 amide bonds. The highest BCUT2D eigenvalue weighted by Gasteiger charge is 2.38. The van der Waals surface area contributed by atoms with Crippen molar-refractivity contribution in [3.8, 4) is 0 Å². The summed E-state index contributed by atoms with van der Waals surface area (Å²) in [7, 11) is 0. The van der Waals surface area contributed by atoms with E-state index >= 15 is 0 Å². The van der Waals surface area contributed by atoms with Crippen molar-refractivity contribution in [2.24, 2.45) is 5.92 Å². The highest BCUT2D eigenvalue weighted by atomic mass is 79.9. The van der Waals surface area contributed by atoms with Crippen LogP contribution in [0.1, 0.15) is 48.9 Å². The van der Waals surface area contributed by atoms with Crippen molar-refractivity contribution >= 4 is 27.6 Å². The first-order valence-corrected chi connectivity index (χ1v) is 8.55. The normalized spacial score (nSPS) is 26.1. The molecule has 2 unspecified atom stereocenters. The van der Waals surface area contributed by atoms with Gasteiger partial charge in [-0.25, -0.2) is 0 Å². The fourth-order valence-electron chi connectivity index (χ4n) is 3.66. The van der Waals surface area contributed by atoms with Crippen molar-refractivity contribution < 1.29 is 9.59 Å². The van der Waals surface area contributed by atoms with Crippen LogP contribution in [0.3, 0.4) is 0 Å². The Morgan fingerprint density at radius 1 is 1.19 bits per heavy atom. The van der Waals surface area contributed by atoms with Crippen LogP contribution in [0.25, 0.3) is 0 Å². The van der Waals surface area contributed by atoms with Gasteiger partial charge in [0.1, 0.15) is 5.78 Å². The maximum Gasteiger partial charge on any atom is 0.254 e. The molecule has 1 heterocycles. The lowest BCUT2D eigenvalue weighted by molar-refractivity contribution is -0.122. The molecule has 4 heteroatoms. The molecule has 1 aromatic carbocycles. The molecule has 1 saturated heterocycles. The number of likely N-dealkylation sites (tertiary alicyclic amines) is 1. The predicted molar refractivity (Wildman–Crippen MR) is 85.2 cm³/mol. The monoisotopic (exact) mass is 349 g/mol. The van der Waals surface area contributed by atoms with Gasteiger partial charge in [0.15, 0.2) is 0 Å². The summed E-state index contributed by atoms with van der Waals surface area (Å²) in [4.78, 5) is 26.9. The van der Waals surface area contributed by atoms with Gasteiger partial charge in [-0.05, 0) is 50.3 Å². The lowest BCUT2D eigenvalue weighted by Gasteiger charge is -2.38. The van der Waals surface area contributed by atoms with Crippen molar-refractivity contribution in [1.29, 1.82) is 0 Å². The number of carbonyl (C=O) groups excluding carboxylic acids is 2. The number of carbonyl (C=O) groups is 2. The van der Waals surface area contributed by atoms with Gasteiger partial charge in [0.25, 0.3) is 5.91 Å². The SMILES string of the molecule is O=C1CCCC1C1CCCCN1C(=O)c1cccc(Br)c1. The number of Topliss-reactive ketones (excluding diaryl/α,β-unsaturated/α-hetero) is 1. The molecule has 3 nitrogen and oxygen atoms in total. The Hall–Kier alpha value is -1.16. The molecule has 21 heavy (non-hydrogen) atoms. The van der Waals surface area contributed by atoms with E-state index in [1.54, 1.807) is 0 Å². The Morgan fingerprint density at radius 3 is 2.76 bits per heavy atom. The van der Waals surface area contributed by atoms with Gasteiger partial charge < -0.3 is 4.90 Å². The number of benzene rings is 1. The van der Waals surface area contributed by atoms with Gasteiger partial charge in [0.2, 0.25) is 0 Å². The highest BCUT2D eigenvalue weighted by molar-refractivity contribution is 9.10. The van der Waals surface area contributed by atoms with Gasteiger partial charge >= 0.3 is 0 Å². The molecule has 3 rings (SSSR count). The zero-order chi connectivity index (χ0) is 14.8. The minimum atomic E-state index is 0.0701. The first-order chi connectivity index (χ1) is 10.2. The van der Waals surface area contributed by atoms with Crippen LogP contribution in [0.2, 0.25) is 0 Å². The van der Waals surface area contributed by atoms with Crippen molar-refractivity contribution in [1.82, 2.24) is 4.90 Å². The molecule has 0 aromatic heterocycles. The number of nitrogens with zero attached hydrogens (tertiary/aromatic N) is 1. The first kappa shape index (κ1) is 14.8. The third-order valence-electron chi connectivity index (χ3n) is 4.70. The van der Waals surface area contributed by atoms with Crippen LogP contribution < -0.4 is 0 Å². The zero-order valence-electron chi connectivity index (χ0n) is 12.1. The van der Waals surface area contributed by atoms with Crippen molar-refractivity contribution in [3.05, 3.63) is 34.3 Å². The molecule has 2 aliphatic rings. The summed E-state index contributed by atoms with van der Waals surface area (Å²) in [5, 5.41) is 0. The molecular weight excluding hydrogens is 330 g/mol. The number of piperidine rings is 1. The van der Waals surface area contributed by atoms with E-state index in [-0.39, 0.29) is 17.9 Å². The Labute approximate surface area is 133 Å². The maximum absolute atomic E-state index is 12.8. The summed E-state index contributed by atoms with van der Waals surface area (Å²) >= 11 is 3.42. The van der Waals surface area contributed by atoms with Gasteiger partial charge in [0, 0.05) is 35.0 Å². The zero-order valence-corrected chi connectivity index (χ0v) is 13.6. The largest absolute Gasteiger partial charge is 0.335 e. The summed E-state index contributed by atoms with van der Waals surface area (Å²) in [5.74, 6) is 0.496. The van der Waals surface area contributed by atoms with Crippen LogP contribution >= 0.6 is 15.9 Å². The Morgan fingerprint density at radius 2 is 2.05 bits per heavy atom. The number of amides is 1. The third-order valence-corrected chi connectivity index (χ3v) is 5.19. The number of ketones is 1. The van der Waals surface area contributed by atoms with Crippen LogP contribution in [-0.2, 0) is 4.79 Å². The second-order valence-corrected chi connectivity index (χ2v) is 6.95. The minimum Gasteiger partial charge on any atom is -0.335 e. The second-order valence-electron chi connectivity index (χ2n) is 6.04. The van der Waals surface area contributed by atoms with Crippen molar-refractivity contribution in [2.45, 2.75) is 44.6 Å². The molecule has 2 fully saturated rings. The molecule has 0 bridgehead atoms. The van der Waals surface area contributed by atoms with E-state index in [1.807, 2.05) is 29.2 Å². The number of halogens is 1. The maximum atomic E-state index is 12.8. The van der Waals surface area contributed by atoms with Crippen LogP contribution in [0.15, 0.2) is 28.7 Å². The lowest BCUT2D eigenvalue weighted by atomic mass is 9.88. The minimum absolute atomic E-state index is 0.0701. The van der Waals surface area contributed by atoms with E-state index in [9.17, 15) is 9.59 Å². The van der Waals surface area contributed by atoms with E-state index in [0.29, 0.717) is 17.8 Å². The molecule has 1 aromatic rings. The van der Waals surface area contributed by atoms with Crippen LogP contribution in [0, 0.1) is 5.92 Å². The number of hydrogen-bond donors (Lipinski definition) is 0. The van der Waals surface area contributed by atoms with Crippen LogP contribution in [-0.4, -0.2) is 29.2 Å². The molecule has 1 aliphatic carbocycles. The smallest absolute Gasteiger partial charge is 0.254 e. The first-order valence-electron chi connectivity index (χ1n) is 7.76. The Kier molecular flexibility index (Phi) is 4.43. The van der Waals surface area contributed by atoms with Gasteiger partial charge in [-0.2, -0.15) is 0 Å². The van der Waals surface area contributed by atoms with E-state index in [4.69, 9.17) is 0 Å². The quantitative estimate of drug-likeness (QED) is 0.813. The second kappa shape index (κ2) is 6.30. The summed E-state index contributed by atoms with van der Waals surface area (Å²) in [6.45, 7) is 0.778. The topological polar surface area (TPSA) is 37.4 Å². The van der Waals surface area contributed by atoms with Gasteiger partial charge in [0.05, 0.1) is 0 Å². The molecular formula is C17H20BrNO2. The summed E-state index contributed by atoms with van der Waals surface area (Å²) in [6, 6.07) is 7.64. The van der Waals surface area contributed by atoms with Crippen molar-refractivity contribution in [2.75, 3.05) is 6.54 Å². The Balaban J connectivity index is 1.83. The van der Waals surface area contributed by atoms with Crippen LogP contribution in [0.4, 0.5) is 0 Å². The fourth-order valence-corrected chi connectivity index (χ4v) is 4.06. The molecule has 1 saturated carbocycles. The molecule has 1 aliphatic heterocycles. The molecule has 0 spiro atoms. The highest BCUT2D eigenvalue weighted by Crippen LogP contribution is 2.33. The van der Waals surface area contributed by atoms with Crippen LogP contribution in [0.5, 0.6) is 0 Å². The van der Waals surface area contributed by atoms with E-state index in [0.717, 1.165) is 43.1 Å². The fraction of sp³-hybridized carbons (Fsp3) is 0.529. The van der Waals surface area contributed by atoms with E-state index in [1.165, 1.54) is 0 Å². The molecule has 0 radical (unpaired) electrons. The third kappa shape index (κ3) is 3.05. The molecule has 112 valence electrons. The van der Waals surface area contributed by atoms with Gasteiger partial charge in [-0.1, -0.05) is 22.0 Å². The predicted octanol–water partition coefficient (Wildman–Crippen LogP) is 3.81. The number of rotatable bonds is 2. The summed E-state index contributed by atoms with van der Waals surface area (Å²) < 4.78 is 0.916. The van der Waals surface area contributed by atoms with E-state index in [2.05, 4.69) is 15.9 Å². The average Bonchev–Trinajstić information content (AvgIpc) is 2.92. The van der Waals surface area contributed by atoms with E-state index < -0.39 is 0 Å². The number of hydrogen-bond acceptors (Lipinski definition) is 2. The van der Waals surface area contributed by atoms with Crippen molar-refractivity contribution in [3.63, 3.8) is 0 Å². The molecule has 0 N–H and O–H groups in total. The summed E-state index contributed by atoms with van der Waals surface area (Å²) in [5.41, 5.74) is 0.710. The van der Waals surface area contributed by atoms with Gasteiger partial charge in [-0.15, -0.1) is 0 Å². The van der Waals surface area contributed by atoms with Gasteiger partial charge in [-0.3, -0.25) is 9.59 Å².